The first-order valence-electron chi connectivity index (χ1n) is 4.98. The van der Waals surface area contributed by atoms with Gasteiger partial charge in [0.25, 0.3) is 0 Å². The monoisotopic (exact) mass is 183 g/mol. The van der Waals surface area contributed by atoms with E-state index in [-0.39, 0.29) is 0 Å². The van der Waals surface area contributed by atoms with E-state index in [9.17, 15) is 0 Å². The molecular weight excluding hydrogens is 165 g/mol. The third kappa shape index (κ3) is 7.82. The summed E-state index contributed by atoms with van der Waals surface area (Å²) < 4.78 is 10.4. The molecule has 0 N–H and O–H groups in total. The maximum absolute atomic E-state index is 8.62. The number of rotatable bonds is 8. The summed E-state index contributed by atoms with van der Waals surface area (Å²) in [7, 11) is -0.668. The summed E-state index contributed by atoms with van der Waals surface area (Å²) in [5, 5.41) is 8.62. The fourth-order valence-electron chi connectivity index (χ4n) is 0.792. The summed E-state index contributed by atoms with van der Waals surface area (Å²) in [6.07, 6.45) is 4.12. The Bertz CT molecular complexity index is 137. The molecule has 0 fully saturated rings. The second-order valence-electron chi connectivity index (χ2n) is 2.91. The van der Waals surface area contributed by atoms with Crippen LogP contribution < -0.4 is 0 Å². The summed E-state index contributed by atoms with van der Waals surface area (Å²) in [6.45, 7) is 5.40. The van der Waals surface area contributed by atoms with Crippen molar-refractivity contribution in [2.75, 3.05) is 13.2 Å². The van der Waals surface area contributed by atoms with Gasteiger partial charge in [-0.15, -0.1) is 0 Å². The SMILES string of the molecule is CCCCOB(C#N)OCCCC. The van der Waals surface area contributed by atoms with Crippen LogP contribution in [0.4, 0.5) is 0 Å². The Morgan fingerprint density at radius 1 is 1.08 bits per heavy atom. The lowest BCUT2D eigenvalue weighted by molar-refractivity contribution is 0.202. The van der Waals surface area contributed by atoms with Crippen LogP contribution in [-0.4, -0.2) is 20.3 Å². The Kier molecular flexibility index (Phi) is 9.18. The Balaban J connectivity index is 3.36. The molecule has 3 nitrogen and oxygen atoms in total. The Morgan fingerprint density at radius 3 is 1.85 bits per heavy atom. The van der Waals surface area contributed by atoms with Gasteiger partial charge in [0.15, 0.2) is 0 Å². The minimum atomic E-state index is -0.668. The van der Waals surface area contributed by atoms with E-state index < -0.39 is 7.12 Å². The van der Waals surface area contributed by atoms with Crippen molar-refractivity contribution in [1.29, 1.82) is 5.26 Å². The highest BCUT2D eigenvalue weighted by Gasteiger charge is 2.16. The van der Waals surface area contributed by atoms with Crippen molar-refractivity contribution in [3.05, 3.63) is 0 Å². The largest absolute Gasteiger partial charge is 0.578 e. The first-order chi connectivity index (χ1) is 6.35. The van der Waals surface area contributed by atoms with E-state index in [1.807, 2.05) is 5.97 Å². The van der Waals surface area contributed by atoms with Crippen molar-refractivity contribution in [2.45, 2.75) is 39.5 Å². The van der Waals surface area contributed by atoms with E-state index in [1.54, 1.807) is 0 Å². The molecule has 0 rings (SSSR count). The van der Waals surface area contributed by atoms with E-state index in [0.717, 1.165) is 25.7 Å². The zero-order chi connectivity index (χ0) is 9.94. The third-order valence-electron chi connectivity index (χ3n) is 1.64. The van der Waals surface area contributed by atoms with Crippen molar-refractivity contribution in [1.82, 2.24) is 0 Å². The summed E-state index contributed by atoms with van der Waals surface area (Å²) in [4.78, 5) is 0. The molecule has 0 amide bonds. The van der Waals surface area contributed by atoms with Crippen LogP contribution >= 0.6 is 0 Å². The van der Waals surface area contributed by atoms with E-state index in [4.69, 9.17) is 14.6 Å². The number of unbranched alkanes of at least 4 members (excludes halogenated alkanes) is 2. The average Bonchev–Trinajstić information content (AvgIpc) is 2.16. The van der Waals surface area contributed by atoms with Crippen LogP contribution in [0.3, 0.4) is 0 Å². The average molecular weight is 183 g/mol. The molecule has 0 saturated carbocycles. The fraction of sp³-hybridized carbons (Fsp3) is 0.889. The molecule has 0 aromatic heterocycles. The number of nitrogens with zero attached hydrogens (tertiary/aromatic N) is 1. The third-order valence-corrected chi connectivity index (χ3v) is 1.64. The second-order valence-corrected chi connectivity index (χ2v) is 2.91. The molecule has 74 valence electrons. The Morgan fingerprint density at radius 2 is 1.54 bits per heavy atom. The molecule has 0 spiro atoms. The molecule has 4 heteroatoms. The maximum Gasteiger partial charge on any atom is 0.578 e. The van der Waals surface area contributed by atoms with Gasteiger partial charge < -0.3 is 9.31 Å². The standard InChI is InChI=1S/C9H18BNO2/c1-3-5-7-12-10(9-11)13-8-6-4-2/h3-8H2,1-2H3. The molecular formula is C9H18BNO2. The van der Waals surface area contributed by atoms with Gasteiger partial charge in [-0.3, -0.25) is 0 Å². The van der Waals surface area contributed by atoms with E-state index >= 15 is 0 Å². The van der Waals surface area contributed by atoms with Gasteiger partial charge in [0.2, 0.25) is 0 Å². The predicted octanol–water partition coefficient (Wildman–Crippen LogP) is 2.17. The molecule has 0 aliphatic heterocycles. The van der Waals surface area contributed by atoms with Gasteiger partial charge in [-0.05, 0) is 12.8 Å². The molecule has 0 saturated heterocycles. The van der Waals surface area contributed by atoms with Gasteiger partial charge in [0.05, 0.1) is 5.97 Å². The maximum atomic E-state index is 8.62. The first-order valence-corrected chi connectivity index (χ1v) is 4.98. The zero-order valence-electron chi connectivity index (χ0n) is 8.58. The zero-order valence-corrected chi connectivity index (χ0v) is 8.58. The number of nitriles is 1. The molecule has 13 heavy (non-hydrogen) atoms. The van der Waals surface area contributed by atoms with Crippen molar-refractivity contribution in [2.24, 2.45) is 0 Å². The molecule has 0 aliphatic rings. The van der Waals surface area contributed by atoms with Crippen LogP contribution in [0.25, 0.3) is 0 Å². The van der Waals surface area contributed by atoms with E-state index in [1.165, 1.54) is 0 Å². The van der Waals surface area contributed by atoms with Crippen molar-refractivity contribution in [3.63, 3.8) is 0 Å². The highest BCUT2D eigenvalue weighted by Crippen LogP contribution is 1.95. The molecule has 0 atom stereocenters. The molecule has 0 unspecified atom stereocenters. The lowest BCUT2D eigenvalue weighted by atomic mass is 9.94. The van der Waals surface area contributed by atoms with Gasteiger partial charge in [-0.2, -0.15) is 0 Å². The summed E-state index contributed by atoms with van der Waals surface area (Å²) in [6, 6.07) is 0. The molecule has 0 aliphatic carbocycles. The van der Waals surface area contributed by atoms with Gasteiger partial charge in [-0.25, -0.2) is 5.26 Å². The fourth-order valence-corrected chi connectivity index (χ4v) is 0.792. The normalized spacial score (nSPS) is 9.62. The molecule has 0 bridgehead atoms. The van der Waals surface area contributed by atoms with Crippen LogP contribution in [0.5, 0.6) is 0 Å². The summed E-state index contributed by atoms with van der Waals surface area (Å²) >= 11 is 0. The topological polar surface area (TPSA) is 42.2 Å². The number of hydrogen-bond donors (Lipinski definition) is 0. The van der Waals surface area contributed by atoms with Crippen molar-refractivity contribution >= 4 is 7.12 Å². The van der Waals surface area contributed by atoms with E-state index in [0.29, 0.717) is 13.2 Å². The smallest absolute Gasteiger partial charge is 0.399 e. The van der Waals surface area contributed by atoms with Crippen LogP contribution in [0.2, 0.25) is 0 Å². The lowest BCUT2D eigenvalue weighted by Gasteiger charge is -2.06. The molecule has 0 heterocycles. The molecule has 0 aromatic rings. The summed E-state index contributed by atoms with van der Waals surface area (Å²) in [5.41, 5.74) is 0. The molecule has 0 aromatic carbocycles. The summed E-state index contributed by atoms with van der Waals surface area (Å²) in [5.74, 6) is 1.98. The lowest BCUT2D eigenvalue weighted by Crippen LogP contribution is -2.22. The highest BCUT2D eigenvalue weighted by molar-refractivity contribution is 6.53. The quantitative estimate of drug-likeness (QED) is 0.427. The first kappa shape index (κ1) is 12.5. The van der Waals surface area contributed by atoms with Crippen LogP contribution in [0.15, 0.2) is 0 Å². The van der Waals surface area contributed by atoms with Crippen molar-refractivity contribution in [3.8, 4) is 5.97 Å². The van der Waals surface area contributed by atoms with Crippen LogP contribution in [0, 0.1) is 11.2 Å². The molecule has 0 radical (unpaired) electrons. The van der Waals surface area contributed by atoms with Crippen LogP contribution in [0.1, 0.15) is 39.5 Å². The second kappa shape index (κ2) is 9.56. The minimum absolute atomic E-state index is 0.612. The van der Waals surface area contributed by atoms with Crippen LogP contribution in [-0.2, 0) is 9.31 Å². The van der Waals surface area contributed by atoms with Gasteiger partial charge in [0.1, 0.15) is 0 Å². The van der Waals surface area contributed by atoms with Gasteiger partial charge in [0, 0.05) is 13.2 Å². The highest BCUT2D eigenvalue weighted by atomic mass is 16.6. The predicted molar refractivity (Wildman–Crippen MR) is 53.1 cm³/mol. The van der Waals surface area contributed by atoms with E-state index in [2.05, 4.69) is 13.8 Å². The Labute approximate surface area is 81.2 Å². The van der Waals surface area contributed by atoms with Crippen molar-refractivity contribution < 1.29 is 9.31 Å². The Hall–Kier alpha value is -0.525. The van der Waals surface area contributed by atoms with Gasteiger partial charge >= 0.3 is 7.12 Å². The minimum Gasteiger partial charge on any atom is -0.399 e. The van der Waals surface area contributed by atoms with Gasteiger partial charge in [-0.1, -0.05) is 26.7 Å². The number of hydrogen-bond acceptors (Lipinski definition) is 3.